The van der Waals surface area contributed by atoms with Crippen molar-refractivity contribution in [3.8, 4) is 5.75 Å². The summed E-state index contributed by atoms with van der Waals surface area (Å²) >= 11 is 0. The highest BCUT2D eigenvalue weighted by molar-refractivity contribution is 5.92. The molecule has 1 heterocycles. The van der Waals surface area contributed by atoms with Crippen LogP contribution >= 0.6 is 0 Å². The minimum Gasteiger partial charge on any atom is -0.434 e. The first-order valence-corrected chi connectivity index (χ1v) is 7.84. The molecule has 0 spiro atoms. The number of amides is 2. The molecule has 5 nitrogen and oxygen atoms in total. The van der Waals surface area contributed by atoms with Gasteiger partial charge in [-0.15, -0.1) is 0 Å². The van der Waals surface area contributed by atoms with Gasteiger partial charge in [-0.3, -0.25) is 9.59 Å². The van der Waals surface area contributed by atoms with Gasteiger partial charge in [-0.1, -0.05) is 18.2 Å². The van der Waals surface area contributed by atoms with E-state index in [2.05, 4.69) is 10.1 Å². The molecule has 0 aliphatic carbocycles. The minimum absolute atomic E-state index is 0.000705. The van der Waals surface area contributed by atoms with Crippen LogP contribution in [-0.2, 0) is 9.59 Å². The van der Waals surface area contributed by atoms with Crippen LogP contribution in [0.15, 0.2) is 30.3 Å². The van der Waals surface area contributed by atoms with Crippen molar-refractivity contribution in [1.29, 1.82) is 0 Å². The number of likely N-dealkylation sites (tertiary alicyclic amines) is 1. The van der Waals surface area contributed by atoms with Gasteiger partial charge in [0.15, 0.2) is 0 Å². The molecule has 0 radical (unpaired) electrons. The van der Waals surface area contributed by atoms with Crippen molar-refractivity contribution < 1.29 is 23.1 Å². The molecule has 1 aromatic rings. The maximum atomic E-state index is 12.3. The first-order chi connectivity index (χ1) is 11.6. The smallest absolute Gasteiger partial charge is 0.387 e. The summed E-state index contributed by atoms with van der Waals surface area (Å²) in [4.78, 5) is 25.4. The molecule has 130 valence electrons. The number of rotatable bonds is 7. The van der Waals surface area contributed by atoms with Crippen molar-refractivity contribution in [3.05, 3.63) is 35.9 Å². The van der Waals surface area contributed by atoms with Crippen molar-refractivity contribution in [3.63, 3.8) is 0 Å². The number of alkyl halides is 2. The van der Waals surface area contributed by atoms with E-state index in [4.69, 9.17) is 0 Å². The van der Waals surface area contributed by atoms with E-state index < -0.39 is 12.5 Å². The van der Waals surface area contributed by atoms with Gasteiger partial charge in [-0.2, -0.15) is 8.78 Å². The first-order valence-electron chi connectivity index (χ1n) is 7.84. The Labute approximate surface area is 139 Å². The van der Waals surface area contributed by atoms with Crippen molar-refractivity contribution >= 4 is 17.9 Å². The van der Waals surface area contributed by atoms with Gasteiger partial charge in [-0.05, 0) is 25.0 Å². The quantitative estimate of drug-likeness (QED) is 0.777. The average Bonchev–Trinajstić information content (AvgIpc) is 3.08. The maximum absolute atomic E-state index is 12.3. The zero-order valence-corrected chi connectivity index (χ0v) is 13.2. The number of carbonyl (C=O) groups is 2. The normalized spacial score (nSPS) is 14.4. The second-order valence-electron chi connectivity index (χ2n) is 5.38. The molecule has 1 N–H and O–H groups in total. The summed E-state index contributed by atoms with van der Waals surface area (Å²) < 4.78 is 29.0. The molecule has 0 unspecified atom stereocenters. The molecule has 0 saturated carbocycles. The molecule has 7 heteroatoms. The van der Waals surface area contributed by atoms with E-state index in [1.807, 2.05) is 0 Å². The number of nitrogens with zero attached hydrogens (tertiary/aromatic N) is 1. The molecule has 1 aliphatic rings. The Bertz CT molecular complexity index is 599. The van der Waals surface area contributed by atoms with Gasteiger partial charge in [0.25, 0.3) is 0 Å². The Hall–Kier alpha value is -2.44. The lowest BCUT2D eigenvalue weighted by molar-refractivity contribution is -0.130. The third kappa shape index (κ3) is 5.64. The van der Waals surface area contributed by atoms with E-state index >= 15 is 0 Å². The van der Waals surface area contributed by atoms with E-state index in [1.165, 1.54) is 18.2 Å². The second-order valence-corrected chi connectivity index (χ2v) is 5.38. The number of hydrogen-bond donors (Lipinski definition) is 1. The Morgan fingerprint density at radius 2 is 1.96 bits per heavy atom. The summed E-state index contributed by atoms with van der Waals surface area (Å²) in [5.41, 5.74) is 0.376. The molecule has 2 rings (SSSR count). The number of hydrogen-bond acceptors (Lipinski definition) is 3. The summed E-state index contributed by atoms with van der Waals surface area (Å²) in [6, 6.07) is 6.19. The molecule has 0 atom stereocenters. The van der Waals surface area contributed by atoms with Gasteiger partial charge < -0.3 is 15.0 Å². The lowest BCUT2D eigenvalue weighted by Crippen LogP contribution is -2.32. The molecule has 1 fully saturated rings. The van der Waals surface area contributed by atoms with Gasteiger partial charge in [0.05, 0.1) is 0 Å². The van der Waals surface area contributed by atoms with Crippen molar-refractivity contribution in [2.45, 2.75) is 25.9 Å². The minimum atomic E-state index is -2.93. The molecule has 24 heavy (non-hydrogen) atoms. The number of benzene rings is 1. The van der Waals surface area contributed by atoms with E-state index in [1.54, 1.807) is 23.1 Å². The predicted octanol–water partition coefficient (Wildman–Crippen LogP) is 2.43. The van der Waals surface area contributed by atoms with E-state index in [0.717, 1.165) is 25.9 Å². The zero-order valence-electron chi connectivity index (χ0n) is 13.2. The molecular weight excluding hydrogens is 318 g/mol. The van der Waals surface area contributed by atoms with Gasteiger partial charge in [0.2, 0.25) is 11.8 Å². The van der Waals surface area contributed by atoms with Gasteiger partial charge >= 0.3 is 6.61 Å². The van der Waals surface area contributed by atoms with Crippen LogP contribution < -0.4 is 10.1 Å². The summed E-state index contributed by atoms with van der Waals surface area (Å²) in [5, 5.41) is 2.61. The van der Waals surface area contributed by atoms with Gasteiger partial charge in [0.1, 0.15) is 5.75 Å². The summed E-state index contributed by atoms with van der Waals surface area (Å²) in [6.45, 7) is -1.11. The molecule has 1 aromatic carbocycles. The Balaban J connectivity index is 1.79. The number of nitrogens with one attached hydrogen (secondary N) is 1. The Morgan fingerprint density at radius 1 is 1.25 bits per heavy atom. The molecule has 0 aromatic heterocycles. The third-order valence-electron chi connectivity index (χ3n) is 3.65. The second kappa shape index (κ2) is 9.00. The van der Waals surface area contributed by atoms with Crippen molar-refractivity contribution in [2.24, 2.45) is 0 Å². The molecule has 0 bridgehead atoms. The highest BCUT2D eigenvalue weighted by atomic mass is 19.3. The molecule has 2 amide bonds. The highest BCUT2D eigenvalue weighted by Crippen LogP contribution is 2.21. The average molecular weight is 338 g/mol. The first kappa shape index (κ1) is 17.9. The van der Waals surface area contributed by atoms with Gasteiger partial charge in [0, 0.05) is 37.7 Å². The topological polar surface area (TPSA) is 58.6 Å². The lowest BCUT2D eigenvalue weighted by Gasteiger charge is -2.14. The van der Waals surface area contributed by atoms with Crippen LogP contribution in [0.2, 0.25) is 0 Å². The van der Waals surface area contributed by atoms with E-state index in [-0.39, 0.29) is 24.6 Å². The van der Waals surface area contributed by atoms with Crippen LogP contribution in [0.25, 0.3) is 6.08 Å². The van der Waals surface area contributed by atoms with Gasteiger partial charge in [-0.25, -0.2) is 0 Å². The zero-order chi connectivity index (χ0) is 17.4. The monoisotopic (exact) mass is 338 g/mol. The van der Waals surface area contributed by atoms with Crippen LogP contribution in [-0.4, -0.2) is 43.0 Å². The van der Waals surface area contributed by atoms with Crippen LogP contribution in [0.1, 0.15) is 24.8 Å². The number of halogens is 2. The maximum Gasteiger partial charge on any atom is 0.387 e. The highest BCUT2D eigenvalue weighted by Gasteiger charge is 2.17. The number of para-hydroxylation sites is 1. The van der Waals surface area contributed by atoms with E-state index in [0.29, 0.717) is 5.56 Å². The van der Waals surface area contributed by atoms with Crippen molar-refractivity contribution in [1.82, 2.24) is 10.2 Å². The summed E-state index contributed by atoms with van der Waals surface area (Å²) in [6.07, 6.45) is 4.94. The molecule has 1 aliphatic heterocycles. The summed E-state index contributed by atoms with van der Waals surface area (Å²) in [7, 11) is 0. The molecule has 1 saturated heterocycles. The Morgan fingerprint density at radius 3 is 2.67 bits per heavy atom. The third-order valence-corrected chi connectivity index (χ3v) is 3.65. The van der Waals surface area contributed by atoms with Crippen LogP contribution in [0, 0.1) is 0 Å². The van der Waals surface area contributed by atoms with Crippen LogP contribution in [0.3, 0.4) is 0 Å². The predicted molar refractivity (Wildman–Crippen MR) is 85.5 cm³/mol. The number of carbonyl (C=O) groups excluding carboxylic acids is 2. The van der Waals surface area contributed by atoms with Crippen LogP contribution in [0.5, 0.6) is 5.75 Å². The van der Waals surface area contributed by atoms with Crippen molar-refractivity contribution in [2.75, 3.05) is 19.6 Å². The Kier molecular flexibility index (Phi) is 6.72. The molecular formula is C17H20F2N2O3. The number of ether oxygens (including phenoxy) is 1. The SMILES string of the molecule is O=C(/C=C/c1ccccc1OC(F)F)NCCC(=O)N1CCCC1. The standard InChI is InChI=1S/C17H20F2N2O3/c18-17(19)24-14-6-2-1-5-13(14)7-8-15(22)20-10-9-16(23)21-11-3-4-12-21/h1-2,5-8,17H,3-4,9-12H2,(H,20,22)/b8-7+. The fourth-order valence-corrected chi connectivity index (χ4v) is 2.46. The largest absolute Gasteiger partial charge is 0.434 e. The lowest BCUT2D eigenvalue weighted by atomic mass is 10.2. The van der Waals surface area contributed by atoms with Crippen LogP contribution in [0.4, 0.5) is 8.78 Å². The fourth-order valence-electron chi connectivity index (χ4n) is 2.46. The fraction of sp³-hybridized carbons (Fsp3) is 0.412. The summed E-state index contributed by atoms with van der Waals surface area (Å²) in [5.74, 6) is -0.357. The van der Waals surface area contributed by atoms with E-state index in [9.17, 15) is 18.4 Å².